The molecule has 0 saturated carbocycles. The minimum absolute atomic E-state index is 0.171. The molecule has 1 aliphatic rings. The van der Waals surface area contributed by atoms with Crippen LogP contribution in [0, 0.1) is 0 Å². The van der Waals surface area contributed by atoms with Gasteiger partial charge in [0.1, 0.15) is 0 Å². The first-order chi connectivity index (χ1) is 7.83. The summed E-state index contributed by atoms with van der Waals surface area (Å²) in [5.74, 6) is -0.0364. The topological polar surface area (TPSA) is 39.2 Å². The monoisotopic (exact) mass is 217 g/mol. The van der Waals surface area contributed by atoms with E-state index in [-0.39, 0.29) is 11.9 Å². The van der Waals surface area contributed by atoms with Gasteiger partial charge in [0, 0.05) is 23.9 Å². The maximum absolute atomic E-state index is 11.6. The van der Waals surface area contributed by atoms with Gasteiger partial charge in [-0.2, -0.15) is 0 Å². The van der Waals surface area contributed by atoms with Gasteiger partial charge in [-0.15, -0.1) is 0 Å². The van der Waals surface area contributed by atoms with Gasteiger partial charge in [0.25, 0.3) is 0 Å². The van der Waals surface area contributed by atoms with Crippen molar-refractivity contribution in [3.05, 3.63) is 41.7 Å². The minimum Gasteiger partial charge on any atom is -0.466 e. The second kappa shape index (κ2) is 4.92. The van der Waals surface area contributed by atoms with E-state index in [1.165, 1.54) is 7.11 Å². The highest BCUT2D eigenvalue weighted by atomic mass is 16.5. The molecule has 1 aromatic heterocycles. The molecule has 16 heavy (non-hydrogen) atoms. The van der Waals surface area contributed by atoms with Crippen LogP contribution in [0.4, 0.5) is 0 Å². The smallest absolute Gasteiger partial charge is 0.334 e. The lowest BCUT2D eigenvalue weighted by Crippen LogP contribution is -2.16. The standard InChI is InChI=1S/C13H15NO2/c1-16-13(15)12-5-3-2-4-11(12)10-6-8-14-9-7-10/h5-9,11H,2-4H2,1H3. The van der Waals surface area contributed by atoms with Crippen molar-refractivity contribution in [2.24, 2.45) is 0 Å². The second-order valence-electron chi connectivity index (χ2n) is 3.92. The van der Waals surface area contributed by atoms with Gasteiger partial charge in [-0.3, -0.25) is 4.98 Å². The van der Waals surface area contributed by atoms with E-state index in [2.05, 4.69) is 4.98 Å². The maximum atomic E-state index is 11.6. The van der Waals surface area contributed by atoms with Crippen LogP contribution < -0.4 is 0 Å². The summed E-state index contributed by atoms with van der Waals surface area (Å²) in [6, 6.07) is 3.93. The Hall–Kier alpha value is -1.64. The predicted octanol–water partition coefficient (Wildman–Crippen LogP) is 2.45. The molecule has 1 aliphatic carbocycles. The molecule has 3 heteroatoms. The van der Waals surface area contributed by atoms with Crippen molar-refractivity contribution >= 4 is 5.97 Å². The highest BCUT2D eigenvalue weighted by Crippen LogP contribution is 2.34. The van der Waals surface area contributed by atoms with Gasteiger partial charge in [0.2, 0.25) is 0 Å². The molecule has 3 nitrogen and oxygen atoms in total. The summed E-state index contributed by atoms with van der Waals surface area (Å²) in [5.41, 5.74) is 1.94. The number of methoxy groups -OCH3 is 1. The van der Waals surface area contributed by atoms with Crippen molar-refractivity contribution in [1.29, 1.82) is 0 Å². The lowest BCUT2D eigenvalue weighted by molar-refractivity contribution is -0.136. The fourth-order valence-electron chi connectivity index (χ4n) is 2.16. The van der Waals surface area contributed by atoms with Gasteiger partial charge in [-0.25, -0.2) is 4.79 Å². The van der Waals surface area contributed by atoms with Gasteiger partial charge in [-0.05, 0) is 37.0 Å². The third kappa shape index (κ3) is 2.13. The number of carbonyl (C=O) groups is 1. The molecule has 1 aromatic rings. The third-order valence-corrected chi connectivity index (χ3v) is 2.97. The van der Waals surface area contributed by atoms with Crippen LogP contribution in [0.3, 0.4) is 0 Å². The van der Waals surface area contributed by atoms with Crippen LogP contribution in [-0.2, 0) is 9.53 Å². The SMILES string of the molecule is COC(=O)C1=CCCCC1c1ccncc1. The molecule has 0 spiro atoms. The zero-order valence-electron chi connectivity index (χ0n) is 9.35. The molecular weight excluding hydrogens is 202 g/mol. The van der Waals surface area contributed by atoms with Crippen molar-refractivity contribution in [2.75, 3.05) is 7.11 Å². The van der Waals surface area contributed by atoms with Crippen LogP contribution in [0.25, 0.3) is 0 Å². The number of nitrogens with zero attached hydrogens (tertiary/aromatic N) is 1. The van der Waals surface area contributed by atoms with E-state index in [1.807, 2.05) is 18.2 Å². The number of hydrogen-bond acceptors (Lipinski definition) is 3. The molecule has 2 rings (SSSR count). The Labute approximate surface area is 95.2 Å². The molecule has 0 saturated heterocycles. The molecule has 0 aromatic carbocycles. The van der Waals surface area contributed by atoms with Crippen molar-refractivity contribution in [2.45, 2.75) is 25.2 Å². The normalized spacial score (nSPS) is 20.1. The average Bonchev–Trinajstić information content (AvgIpc) is 2.39. The van der Waals surface area contributed by atoms with Crippen LogP contribution in [0.15, 0.2) is 36.2 Å². The quantitative estimate of drug-likeness (QED) is 0.714. The molecule has 0 amide bonds. The zero-order chi connectivity index (χ0) is 11.4. The molecule has 0 fully saturated rings. The van der Waals surface area contributed by atoms with Crippen molar-refractivity contribution in [1.82, 2.24) is 4.98 Å². The minimum atomic E-state index is -0.207. The van der Waals surface area contributed by atoms with Crippen LogP contribution >= 0.6 is 0 Å². The van der Waals surface area contributed by atoms with E-state index in [9.17, 15) is 4.79 Å². The molecule has 0 radical (unpaired) electrons. The summed E-state index contributed by atoms with van der Waals surface area (Å²) in [4.78, 5) is 15.6. The number of ether oxygens (including phenoxy) is 1. The summed E-state index contributed by atoms with van der Waals surface area (Å²) in [6.07, 6.45) is 8.61. The molecule has 0 bridgehead atoms. The lowest BCUT2D eigenvalue weighted by Gasteiger charge is -2.22. The number of esters is 1. The van der Waals surface area contributed by atoms with Gasteiger partial charge >= 0.3 is 5.97 Å². The van der Waals surface area contributed by atoms with E-state index in [0.717, 1.165) is 30.4 Å². The van der Waals surface area contributed by atoms with Gasteiger partial charge < -0.3 is 4.74 Å². The predicted molar refractivity (Wildman–Crippen MR) is 60.9 cm³/mol. The highest BCUT2D eigenvalue weighted by Gasteiger charge is 2.25. The van der Waals surface area contributed by atoms with E-state index in [0.29, 0.717) is 0 Å². The summed E-state index contributed by atoms with van der Waals surface area (Å²) < 4.78 is 4.82. The molecule has 0 aliphatic heterocycles. The molecule has 1 unspecified atom stereocenters. The number of carbonyl (C=O) groups excluding carboxylic acids is 1. The van der Waals surface area contributed by atoms with Crippen LogP contribution in [0.5, 0.6) is 0 Å². The first-order valence-corrected chi connectivity index (χ1v) is 5.51. The summed E-state index contributed by atoms with van der Waals surface area (Å²) in [6.45, 7) is 0. The Balaban J connectivity index is 2.29. The number of pyridine rings is 1. The zero-order valence-corrected chi connectivity index (χ0v) is 9.35. The van der Waals surface area contributed by atoms with E-state index < -0.39 is 0 Å². The van der Waals surface area contributed by atoms with E-state index >= 15 is 0 Å². The fraction of sp³-hybridized carbons (Fsp3) is 0.385. The molecular formula is C13H15NO2. The highest BCUT2D eigenvalue weighted by molar-refractivity contribution is 5.90. The Morgan fingerprint density at radius 2 is 2.19 bits per heavy atom. The van der Waals surface area contributed by atoms with E-state index in [1.54, 1.807) is 12.4 Å². The first-order valence-electron chi connectivity index (χ1n) is 5.51. The van der Waals surface area contributed by atoms with Crippen LogP contribution in [0.2, 0.25) is 0 Å². The Morgan fingerprint density at radius 3 is 2.88 bits per heavy atom. The number of hydrogen-bond donors (Lipinski definition) is 0. The first kappa shape index (κ1) is 10.9. The Kier molecular flexibility index (Phi) is 3.34. The summed E-state index contributed by atoms with van der Waals surface area (Å²) in [5, 5.41) is 0. The molecule has 0 N–H and O–H groups in total. The largest absolute Gasteiger partial charge is 0.466 e. The summed E-state index contributed by atoms with van der Waals surface area (Å²) in [7, 11) is 1.43. The summed E-state index contributed by atoms with van der Waals surface area (Å²) >= 11 is 0. The van der Waals surface area contributed by atoms with Crippen molar-refractivity contribution < 1.29 is 9.53 Å². The molecule has 1 atom stereocenters. The average molecular weight is 217 g/mol. The van der Waals surface area contributed by atoms with Crippen LogP contribution in [-0.4, -0.2) is 18.1 Å². The van der Waals surface area contributed by atoms with E-state index in [4.69, 9.17) is 4.74 Å². The van der Waals surface area contributed by atoms with Gasteiger partial charge in [0.15, 0.2) is 0 Å². The Bertz CT molecular complexity index is 398. The molecule has 84 valence electrons. The lowest BCUT2D eigenvalue weighted by atomic mass is 9.83. The maximum Gasteiger partial charge on any atom is 0.334 e. The van der Waals surface area contributed by atoms with Gasteiger partial charge in [0.05, 0.1) is 7.11 Å². The second-order valence-corrected chi connectivity index (χ2v) is 3.92. The Morgan fingerprint density at radius 1 is 1.44 bits per heavy atom. The number of aromatic nitrogens is 1. The fourth-order valence-corrected chi connectivity index (χ4v) is 2.16. The molecule has 1 heterocycles. The van der Waals surface area contributed by atoms with Crippen molar-refractivity contribution in [3.8, 4) is 0 Å². The number of allylic oxidation sites excluding steroid dienone is 1. The third-order valence-electron chi connectivity index (χ3n) is 2.97. The van der Waals surface area contributed by atoms with Crippen molar-refractivity contribution in [3.63, 3.8) is 0 Å². The van der Waals surface area contributed by atoms with Crippen LogP contribution in [0.1, 0.15) is 30.7 Å². The van der Waals surface area contributed by atoms with Gasteiger partial charge in [-0.1, -0.05) is 6.08 Å². The number of rotatable bonds is 2.